The second-order valence-corrected chi connectivity index (χ2v) is 14.2. The first kappa shape index (κ1) is 39.6. The zero-order chi connectivity index (χ0) is 35.2. The Morgan fingerprint density at radius 3 is 2.28 bits per heavy atom. The van der Waals surface area contributed by atoms with Gasteiger partial charge in [-0.25, -0.2) is 14.4 Å². The van der Waals surface area contributed by atoms with Crippen LogP contribution >= 0.6 is 0 Å². The van der Waals surface area contributed by atoms with E-state index in [0.717, 1.165) is 5.56 Å². The van der Waals surface area contributed by atoms with Gasteiger partial charge in [0.15, 0.2) is 0 Å². The molecule has 1 aromatic carbocycles. The molecule has 13 nitrogen and oxygen atoms in total. The van der Waals surface area contributed by atoms with Gasteiger partial charge in [0.05, 0.1) is 32.0 Å². The fourth-order valence-electron chi connectivity index (χ4n) is 4.54. The van der Waals surface area contributed by atoms with Gasteiger partial charge < -0.3 is 45.3 Å². The van der Waals surface area contributed by atoms with E-state index in [9.17, 15) is 24.3 Å². The Morgan fingerprint density at radius 1 is 1.00 bits per heavy atom. The van der Waals surface area contributed by atoms with Gasteiger partial charge in [0, 0.05) is 19.4 Å². The molecule has 2 heterocycles. The van der Waals surface area contributed by atoms with Crippen molar-refractivity contribution in [2.24, 2.45) is 5.92 Å². The van der Waals surface area contributed by atoms with Gasteiger partial charge in [0.25, 0.3) is 0 Å². The molecule has 0 aromatic heterocycles. The van der Waals surface area contributed by atoms with Crippen LogP contribution in [0.15, 0.2) is 24.3 Å². The fraction of sp³-hybridized carbons (Fsp3) is 0.706. The molecule has 0 radical (unpaired) electrons. The summed E-state index contributed by atoms with van der Waals surface area (Å²) in [7, 11) is 0. The molecule has 0 saturated heterocycles. The van der Waals surface area contributed by atoms with E-state index in [1.165, 1.54) is 0 Å². The van der Waals surface area contributed by atoms with Crippen LogP contribution in [0.4, 0.5) is 9.59 Å². The number of rotatable bonds is 9. The third-order valence-electron chi connectivity index (χ3n) is 7.03. The molecule has 0 fully saturated rings. The molecule has 266 valence electrons. The summed E-state index contributed by atoms with van der Waals surface area (Å²) in [6.07, 6.45) is 0.590. The number of urea groups is 1. The van der Waals surface area contributed by atoms with Crippen LogP contribution in [0.2, 0.25) is 0 Å². The Labute approximate surface area is 279 Å². The van der Waals surface area contributed by atoms with Gasteiger partial charge in [-0.15, -0.1) is 0 Å². The summed E-state index contributed by atoms with van der Waals surface area (Å²) < 4.78 is 22.3. The standard InChI is InChI=1S/C34H56N4O9/c1-22(2)28-21-44-20-24(39)16-18-45-25-14-12-23(13-15-25)19-27(29(40)36-28)38-31(42)37-26(30(41)46-33(3,4)5)11-9-10-17-35-32(43)47-34(6,7)8/h12-15,22,24,26-28,39H,9-11,16-21H2,1-8H3,(H,35,43)(H,36,40)(H2,37,38,42)/t24-,26?,27+,28+/m0/s1. The monoisotopic (exact) mass is 664 g/mol. The highest BCUT2D eigenvalue weighted by Crippen LogP contribution is 2.16. The van der Waals surface area contributed by atoms with Crippen LogP contribution in [0.25, 0.3) is 0 Å². The van der Waals surface area contributed by atoms with Gasteiger partial charge in [0.2, 0.25) is 5.91 Å². The highest BCUT2D eigenvalue weighted by molar-refractivity contribution is 5.89. The number of nitrogens with one attached hydrogen (secondary N) is 4. The Balaban J connectivity index is 2.16. The molecule has 13 heteroatoms. The van der Waals surface area contributed by atoms with Crippen molar-refractivity contribution in [1.29, 1.82) is 0 Å². The summed E-state index contributed by atoms with van der Waals surface area (Å²) in [6, 6.07) is 4.10. The number of amides is 4. The summed E-state index contributed by atoms with van der Waals surface area (Å²) in [5.74, 6) is -0.405. The molecule has 47 heavy (non-hydrogen) atoms. The molecule has 2 aliphatic heterocycles. The zero-order valence-electron chi connectivity index (χ0n) is 29.3. The number of aliphatic hydroxyl groups excluding tert-OH is 1. The Kier molecular flexibility index (Phi) is 15.7. The predicted molar refractivity (Wildman–Crippen MR) is 177 cm³/mol. The van der Waals surface area contributed by atoms with Crippen LogP contribution in [0.1, 0.15) is 86.6 Å². The van der Waals surface area contributed by atoms with Crippen LogP contribution in [-0.4, -0.2) is 90.9 Å². The van der Waals surface area contributed by atoms with Gasteiger partial charge in [0.1, 0.15) is 29.0 Å². The van der Waals surface area contributed by atoms with Crippen molar-refractivity contribution in [2.45, 2.75) is 123 Å². The Bertz CT molecular complexity index is 1150. The third-order valence-corrected chi connectivity index (χ3v) is 7.03. The highest BCUT2D eigenvalue weighted by atomic mass is 16.6. The molecular weight excluding hydrogens is 608 g/mol. The summed E-state index contributed by atoms with van der Waals surface area (Å²) in [4.78, 5) is 52.0. The van der Waals surface area contributed by atoms with Crippen molar-refractivity contribution >= 4 is 24.0 Å². The summed E-state index contributed by atoms with van der Waals surface area (Å²) in [6.45, 7) is 15.3. The van der Waals surface area contributed by atoms with Crippen molar-refractivity contribution in [3.8, 4) is 5.75 Å². The maximum Gasteiger partial charge on any atom is 0.407 e. The molecule has 0 saturated carbocycles. The van der Waals surface area contributed by atoms with Crippen LogP contribution in [0.5, 0.6) is 5.75 Å². The molecule has 0 aliphatic carbocycles. The second-order valence-electron chi connectivity index (χ2n) is 14.2. The molecule has 5 N–H and O–H groups in total. The average molecular weight is 665 g/mol. The molecular formula is C34H56N4O9. The largest absolute Gasteiger partial charge is 0.493 e. The first-order chi connectivity index (χ1) is 21.9. The number of hydrogen-bond acceptors (Lipinski definition) is 9. The number of hydrogen-bond donors (Lipinski definition) is 5. The van der Waals surface area contributed by atoms with Gasteiger partial charge in [-0.1, -0.05) is 26.0 Å². The number of fused-ring (bicyclic) bond motifs is 13. The quantitative estimate of drug-likeness (QED) is 0.195. The Morgan fingerprint density at radius 2 is 1.66 bits per heavy atom. The fourth-order valence-corrected chi connectivity index (χ4v) is 4.54. The van der Waals surface area contributed by atoms with Crippen LogP contribution in [-0.2, 0) is 30.2 Å². The molecule has 3 rings (SSSR count). The van der Waals surface area contributed by atoms with E-state index in [2.05, 4.69) is 21.3 Å². The van der Waals surface area contributed by atoms with Crippen LogP contribution in [0, 0.1) is 5.92 Å². The van der Waals surface area contributed by atoms with Gasteiger partial charge in [-0.05, 0) is 84.4 Å². The minimum Gasteiger partial charge on any atom is -0.493 e. The van der Waals surface area contributed by atoms with Crippen molar-refractivity contribution < 1.29 is 43.2 Å². The van der Waals surface area contributed by atoms with Gasteiger partial charge in [-0.3, -0.25) is 4.79 Å². The van der Waals surface area contributed by atoms with E-state index >= 15 is 0 Å². The lowest BCUT2D eigenvalue weighted by Gasteiger charge is -2.28. The van der Waals surface area contributed by atoms with E-state index in [-0.39, 0.29) is 38.0 Å². The van der Waals surface area contributed by atoms with E-state index in [0.29, 0.717) is 38.2 Å². The molecule has 4 atom stereocenters. The van der Waals surface area contributed by atoms with E-state index in [1.807, 2.05) is 26.0 Å². The molecule has 0 spiro atoms. The normalized spacial score (nSPS) is 20.4. The lowest BCUT2D eigenvalue weighted by molar-refractivity contribution is -0.157. The number of unbranched alkanes of at least 4 members (excludes halogenated alkanes) is 1. The molecule has 1 unspecified atom stereocenters. The van der Waals surface area contributed by atoms with Crippen LogP contribution < -0.4 is 26.0 Å². The van der Waals surface area contributed by atoms with Gasteiger partial charge >= 0.3 is 18.1 Å². The summed E-state index contributed by atoms with van der Waals surface area (Å²) in [5, 5.41) is 21.4. The number of benzene rings is 1. The number of carbonyl (C=O) groups is 4. The number of alkyl carbamates (subject to hydrolysis) is 1. The molecule has 2 aliphatic rings. The minimum absolute atomic E-state index is 0.00780. The first-order valence-corrected chi connectivity index (χ1v) is 16.5. The lowest BCUT2D eigenvalue weighted by Crippen LogP contribution is -2.56. The maximum absolute atomic E-state index is 13.6. The van der Waals surface area contributed by atoms with Crippen molar-refractivity contribution in [3.05, 3.63) is 29.8 Å². The molecule has 2 bridgehead atoms. The summed E-state index contributed by atoms with van der Waals surface area (Å²) >= 11 is 0. The van der Waals surface area contributed by atoms with E-state index < -0.39 is 53.4 Å². The number of ether oxygens (including phenoxy) is 4. The lowest BCUT2D eigenvalue weighted by atomic mass is 10.0. The van der Waals surface area contributed by atoms with E-state index in [1.54, 1.807) is 53.7 Å². The van der Waals surface area contributed by atoms with Crippen molar-refractivity contribution in [1.82, 2.24) is 21.3 Å². The summed E-state index contributed by atoms with van der Waals surface area (Å²) in [5.41, 5.74) is -0.618. The van der Waals surface area contributed by atoms with E-state index in [4.69, 9.17) is 18.9 Å². The number of carbonyl (C=O) groups excluding carboxylic acids is 4. The number of esters is 1. The van der Waals surface area contributed by atoms with Gasteiger partial charge in [-0.2, -0.15) is 0 Å². The molecule has 1 aromatic rings. The second kappa shape index (κ2) is 18.7. The topological polar surface area (TPSA) is 174 Å². The van der Waals surface area contributed by atoms with Crippen LogP contribution in [0.3, 0.4) is 0 Å². The smallest absolute Gasteiger partial charge is 0.407 e. The third kappa shape index (κ3) is 16.7. The average Bonchev–Trinajstić information content (AvgIpc) is 2.93. The van der Waals surface area contributed by atoms with Crippen molar-refractivity contribution in [3.63, 3.8) is 0 Å². The first-order valence-electron chi connectivity index (χ1n) is 16.5. The highest BCUT2D eigenvalue weighted by Gasteiger charge is 2.30. The SMILES string of the molecule is CC(C)[C@H]1COC[C@@H](O)CCOc2ccc(cc2)C[C@@H](NC(=O)NC(CCCCNC(=O)OC(C)(C)C)C(=O)OC(C)(C)C)C(=O)N1. The predicted octanol–water partition coefficient (Wildman–Crippen LogP) is 3.60. The molecule has 4 amide bonds. The number of aliphatic hydroxyl groups is 1. The zero-order valence-corrected chi connectivity index (χ0v) is 29.3. The van der Waals surface area contributed by atoms with Crippen molar-refractivity contribution in [2.75, 3.05) is 26.4 Å². The minimum atomic E-state index is -0.996. The maximum atomic E-state index is 13.6. The Hall–Kier alpha value is -3.58.